The second-order valence-corrected chi connectivity index (χ2v) is 7.74. The Bertz CT molecular complexity index is 1240. The van der Waals surface area contributed by atoms with Gasteiger partial charge in [0, 0.05) is 44.0 Å². The Balaban J connectivity index is 1.91. The first-order chi connectivity index (χ1) is 15.4. The summed E-state index contributed by atoms with van der Waals surface area (Å²) in [7, 11) is 0. The highest BCUT2D eigenvalue weighted by Gasteiger charge is 2.09. The third-order valence-corrected chi connectivity index (χ3v) is 5.44. The van der Waals surface area contributed by atoms with Crippen molar-refractivity contribution in [2.45, 2.75) is 20.4 Å². The number of ether oxygens (including phenoxy) is 1. The minimum atomic E-state index is -0.478. The molecule has 9 nitrogen and oxygen atoms in total. The van der Waals surface area contributed by atoms with Crippen LogP contribution in [0.4, 0.5) is 11.4 Å². The van der Waals surface area contributed by atoms with E-state index < -0.39 is 10.8 Å². The monoisotopic (exact) mass is 454 g/mol. The number of carbonyl (C=O) groups is 2. The Morgan fingerprint density at radius 1 is 1.25 bits per heavy atom. The molecular formula is C22H22N4O5S. The van der Waals surface area contributed by atoms with Crippen LogP contribution in [0.15, 0.2) is 53.5 Å². The van der Waals surface area contributed by atoms with Crippen LogP contribution in [0.2, 0.25) is 0 Å². The number of nitrogens with one attached hydrogen (secondary N) is 1. The standard InChI is InChI=1S/C22H22N4O5S/c1-3-31-13-12-25-19-10-7-17(23-15(2)27)14-20(19)32-22(25)24-21(28)11-6-16-4-8-18(9-5-16)26(29)30/h4-11,14H,3,12-13H2,1-2H3,(H,23,27). The fourth-order valence-corrected chi connectivity index (χ4v) is 4.06. The molecule has 0 atom stereocenters. The first-order valence-electron chi connectivity index (χ1n) is 9.87. The highest BCUT2D eigenvalue weighted by atomic mass is 32.1. The molecule has 0 aliphatic rings. The summed E-state index contributed by atoms with van der Waals surface area (Å²) < 4.78 is 8.24. The summed E-state index contributed by atoms with van der Waals surface area (Å²) >= 11 is 1.34. The Kier molecular flexibility index (Phi) is 7.63. The minimum absolute atomic E-state index is 0.0163. The van der Waals surface area contributed by atoms with Gasteiger partial charge < -0.3 is 14.6 Å². The van der Waals surface area contributed by atoms with Crippen molar-refractivity contribution in [1.82, 2.24) is 4.57 Å². The molecule has 2 aromatic carbocycles. The lowest BCUT2D eigenvalue weighted by molar-refractivity contribution is -0.384. The number of nitrogens with zero attached hydrogens (tertiary/aromatic N) is 3. The number of non-ortho nitro benzene ring substituents is 1. The molecule has 0 fully saturated rings. The smallest absolute Gasteiger partial charge is 0.272 e. The van der Waals surface area contributed by atoms with Gasteiger partial charge in [-0.25, -0.2) is 0 Å². The summed E-state index contributed by atoms with van der Waals surface area (Å²) in [5.41, 5.74) is 2.19. The van der Waals surface area contributed by atoms with Crippen LogP contribution in [0.3, 0.4) is 0 Å². The van der Waals surface area contributed by atoms with Crippen LogP contribution in [-0.4, -0.2) is 34.5 Å². The van der Waals surface area contributed by atoms with E-state index in [2.05, 4.69) is 10.3 Å². The van der Waals surface area contributed by atoms with Gasteiger partial charge >= 0.3 is 0 Å². The van der Waals surface area contributed by atoms with Gasteiger partial charge in [-0.3, -0.25) is 19.7 Å². The molecule has 3 rings (SSSR count). The number of fused-ring (bicyclic) bond motifs is 1. The fraction of sp³-hybridized carbons (Fsp3) is 0.227. The van der Waals surface area contributed by atoms with E-state index in [0.717, 1.165) is 10.2 Å². The zero-order chi connectivity index (χ0) is 23.1. The first kappa shape index (κ1) is 23.0. The molecule has 1 N–H and O–H groups in total. The molecule has 3 aromatic rings. The Morgan fingerprint density at radius 2 is 2.00 bits per heavy atom. The molecule has 0 spiro atoms. The molecule has 0 saturated carbocycles. The van der Waals surface area contributed by atoms with Gasteiger partial charge in [-0.2, -0.15) is 4.99 Å². The topological polar surface area (TPSA) is 116 Å². The molecule has 1 aromatic heterocycles. The average Bonchev–Trinajstić information content (AvgIpc) is 3.08. The van der Waals surface area contributed by atoms with Gasteiger partial charge in [0.15, 0.2) is 4.80 Å². The van der Waals surface area contributed by atoms with E-state index in [9.17, 15) is 19.7 Å². The van der Waals surface area contributed by atoms with Crippen molar-refractivity contribution in [3.63, 3.8) is 0 Å². The average molecular weight is 455 g/mol. The number of rotatable bonds is 8. The van der Waals surface area contributed by atoms with E-state index in [0.29, 0.717) is 35.8 Å². The van der Waals surface area contributed by atoms with Crippen molar-refractivity contribution in [2.24, 2.45) is 4.99 Å². The van der Waals surface area contributed by atoms with E-state index in [1.165, 1.54) is 36.5 Å². The van der Waals surface area contributed by atoms with Crippen molar-refractivity contribution in [3.8, 4) is 0 Å². The number of aromatic nitrogens is 1. The van der Waals surface area contributed by atoms with E-state index in [4.69, 9.17) is 4.74 Å². The lowest BCUT2D eigenvalue weighted by Gasteiger charge is -2.06. The number of nitro groups is 1. The van der Waals surface area contributed by atoms with E-state index in [-0.39, 0.29) is 11.6 Å². The van der Waals surface area contributed by atoms with Gasteiger partial charge in [-0.1, -0.05) is 11.3 Å². The first-order valence-corrected chi connectivity index (χ1v) is 10.7. The third-order valence-electron chi connectivity index (χ3n) is 4.39. The zero-order valence-electron chi connectivity index (χ0n) is 17.6. The number of nitro benzene ring substituents is 1. The van der Waals surface area contributed by atoms with Crippen LogP contribution in [0.25, 0.3) is 16.3 Å². The van der Waals surface area contributed by atoms with Crippen LogP contribution >= 0.6 is 11.3 Å². The lowest BCUT2D eigenvalue weighted by atomic mass is 10.2. The summed E-state index contributed by atoms with van der Waals surface area (Å²) in [4.78, 5) is 38.8. The molecule has 0 aliphatic carbocycles. The number of anilines is 1. The number of amides is 2. The summed E-state index contributed by atoms with van der Waals surface area (Å²) in [6.45, 7) is 4.92. The normalized spacial score (nSPS) is 11.9. The minimum Gasteiger partial charge on any atom is -0.380 e. The van der Waals surface area contributed by atoms with Crippen molar-refractivity contribution >= 4 is 50.8 Å². The molecule has 0 bridgehead atoms. The molecule has 32 heavy (non-hydrogen) atoms. The number of carbonyl (C=O) groups excluding carboxylic acids is 2. The molecule has 10 heteroatoms. The predicted octanol–water partition coefficient (Wildman–Crippen LogP) is 3.75. The molecule has 0 saturated heterocycles. The van der Waals surface area contributed by atoms with Crippen molar-refractivity contribution in [2.75, 3.05) is 18.5 Å². The number of benzene rings is 2. The molecular weight excluding hydrogens is 432 g/mol. The molecule has 2 amide bonds. The highest BCUT2D eigenvalue weighted by molar-refractivity contribution is 7.16. The number of thiazole rings is 1. The van der Waals surface area contributed by atoms with Crippen LogP contribution in [0.1, 0.15) is 19.4 Å². The highest BCUT2D eigenvalue weighted by Crippen LogP contribution is 2.22. The SMILES string of the molecule is CCOCCn1c(=NC(=O)C=Cc2ccc([N+](=O)[O-])cc2)sc2cc(NC(C)=O)ccc21. The van der Waals surface area contributed by atoms with Crippen molar-refractivity contribution < 1.29 is 19.2 Å². The van der Waals surface area contributed by atoms with Crippen molar-refractivity contribution in [1.29, 1.82) is 0 Å². The van der Waals surface area contributed by atoms with Gasteiger partial charge in [-0.05, 0) is 48.9 Å². The third kappa shape index (κ3) is 5.96. The Labute approximate surface area is 187 Å². The Morgan fingerprint density at radius 3 is 2.66 bits per heavy atom. The summed E-state index contributed by atoms with van der Waals surface area (Å²) in [6, 6.07) is 11.4. The summed E-state index contributed by atoms with van der Waals surface area (Å²) in [6.07, 6.45) is 2.88. The Hall–Kier alpha value is -3.63. The molecule has 0 radical (unpaired) electrons. The maximum Gasteiger partial charge on any atom is 0.272 e. The molecule has 0 unspecified atom stereocenters. The van der Waals surface area contributed by atoms with Crippen LogP contribution in [0, 0.1) is 10.1 Å². The van der Waals surface area contributed by atoms with E-state index in [1.807, 2.05) is 23.6 Å². The van der Waals surface area contributed by atoms with Crippen LogP contribution in [-0.2, 0) is 20.9 Å². The van der Waals surface area contributed by atoms with Gasteiger partial charge in [0.05, 0.1) is 21.7 Å². The predicted molar refractivity (Wildman–Crippen MR) is 123 cm³/mol. The van der Waals surface area contributed by atoms with Crippen LogP contribution < -0.4 is 10.1 Å². The molecule has 0 aliphatic heterocycles. The lowest BCUT2D eigenvalue weighted by Crippen LogP contribution is -2.19. The van der Waals surface area contributed by atoms with Crippen molar-refractivity contribution in [3.05, 3.63) is 69.0 Å². The fourth-order valence-electron chi connectivity index (χ4n) is 2.96. The molecule has 166 valence electrons. The summed E-state index contributed by atoms with van der Waals surface area (Å²) in [5.74, 6) is -0.622. The quantitative estimate of drug-likeness (QED) is 0.241. The second kappa shape index (κ2) is 10.6. The maximum absolute atomic E-state index is 12.5. The van der Waals surface area contributed by atoms with Gasteiger partial charge in [-0.15, -0.1) is 0 Å². The van der Waals surface area contributed by atoms with E-state index >= 15 is 0 Å². The number of hydrogen-bond donors (Lipinski definition) is 1. The van der Waals surface area contributed by atoms with Gasteiger partial charge in [0.2, 0.25) is 5.91 Å². The van der Waals surface area contributed by atoms with E-state index in [1.54, 1.807) is 24.3 Å². The van der Waals surface area contributed by atoms with Gasteiger partial charge in [0.1, 0.15) is 0 Å². The van der Waals surface area contributed by atoms with Crippen LogP contribution in [0.5, 0.6) is 0 Å². The van der Waals surface area contributed by atoms with Gasteiger partial charge in [0.25, 0.3) is 11.6 Å². The summed E-state index contributed by atoms with van der Waals surface area (Å²) in [5, 5.41) is 13.5. The molecule has 1 heterocycles. The maximum atomic E-state index is 12.5. The second-order valence-electron chi connectivity index (χ2n) is 6.73. The number of hydrogen-bond acceptors (Lipinski definition) is 6. The zero-order valence-corrected chi connectivity index (χ0v) is 18.4. The largest absolute Gasteiger partial charge is 0.380 e.